The Morgan fingerprint density at radius 1 is 1.12 bits per heavy atom. The minimum Gasteiger partial charge on any atom is -0.480 e. The lowest BCUT2D eigenvalue weighted by Crippen LogP contribution is -2.41. The Morgan fingerprint density at radius 2 is 1.82 bits per heavy atom. The number of benzene rings is 1. The number of nitrogens with zero attached hydrogens (tertiary/aromatic N) is 3. The predicted octanol–water partition coefficient (Wildman–Crippen LogP) is 0.533. The van der Waals surface area contributed by atoms with Crippen molar-refractivity contribution in [2.45, 2.75) is 32.4 Å². The van der Waals surface area contributed by atoms with Crippen LogP contribution < -0.4 is 21.9 Å². The number of hydrogen-bond acceptors (Lipinski definition) is 12. The van der Waals surface area contributed by atoms with Gasteiger partial charge in [0.1, 0.15) is 19.3 Å². The lowest BCUT2D eigenvalue weighted by molar-refractivity contribution is -0.150. The summed E-state index contributed by atoms with van der Waals surface area (Å²) >= 11 is 0. The van der Waals surface area contributed by atoms with Crippen molar-refractivity contribution in [1.29, 1.82) is 0 Å². The molecular formula is C25H27N7O8. The quantitative estimate of drug-likeness (QED) is 0.111. The number of ether oxygens (including phenoxy) is 2. The van der Waals surface area contributed by atoms with Gasteiger partial charge in [-0.25, -0.2) is 19.6 Å². The highest BCUT2D eigenvalue weighted by Gasteiger charge is 2.22. The zero-order valence-corrected chi connectivity index (χ0v) is 21.4. The molecule has 1 amide bonds. The predicted molar refractivity (Wildman–Crippen MR) is 141 cm³/mol. The number of anilines is 2. The van der Waals surface area contributed by atoms with Crippen LogP contribution in [0.4, 0.5) is 11.6 Å². The molecule has 0 saturated heterocycles. The van der Waals surface area contributed by atoms with Crippen LogP contribution in [-0.4, -0.2) is 68.1 Å². The Morgan fingerprint density at radius 3 is 2.50 bits per heavy atom. The molecule has 2 aromatic heterocycles. The van der Waals surface area contributed by atoms with Crippen LogP contribution in [0.5, 0.6) is 0 Å². The number of rotatable bonds is 13. The van der Waals surface area contributed by atoms with Gasteiger partial charge in [-0.2, -0.15) is 4.98 Å². The van der Waals surface area contributed by atoms with Crippen LogP contribution >= 0.6 is 0 Å². The summed E-state index contributed by atoms with van der Waals surface area (Å²) in [5.74, 6) is -3.35. The van der Waals surface area contributed by atoms with Gasteiger partial charge in [0.25, 0.3) is 11.5 Å². The van der Waals surface area contributed by atoms with E-state index in [4.69, 9.17) is 15.2 Å². The zero-order valence-electron chi connectivity index (χ0n) is 21.4. The number of H-pyrrole nitrogens is 1. The summed E-state index contributed by atoms with van der Waals surface area (Å²) in [4.78, 5) is 73.9. The second-order valence-electron chi connectivity index (χ2n) is 8.46. The van der Waals surface area contributed by atoms with Crippen molar-refractivity contribution in [3.05, 3.63) is 64.2 Å². The smallest absolute Gasteiger partial charge is 0.333 e. The van der Waals surface area contributed by atoms with Gasteiger partial charge in [-0.3, -0.25) is 19.4 Å². The van der Waals surface area contributed by atoms with E-state index in [1.54, 1.807) is 12.1 Å². The number of nitrogen functional groups attached to an aromatic ring is 1. The summed E-state index contributed by atoms with van der Waals surface area (Å²) in [6.45, 7) is 4.76. The van der Waals surface area contributed by atoms with Gasteiger partial charge in [0.15, 0.2) is 11.2 Å². The first-order valence-electron chi connectivity index (χ1n) is 11.9. The van der Waals surface area contributed by atoms with Crippen LogP contribution in [0.15, 0.2) is 47.4 Å². The first-order chi connectivity index (χ1) is 19.0. The highest BCUT2D eigenvalue weighted by atomic mass is 16.6. The maximum absolute atomic E-state index is 12.6. The number of carbonyl (C=O) groups excluding carboxylic acids is 3. The van der Waals surface area contributed by atoms with Gasteiger partial charge in [0.05, 0.1) is 18.4 Å². The molecule has 0 aliphatic rings. The highest BCUT2D eigenvalue weighted by Crippen LogP contribution is 2.12. The number of hydrogen-bond donors (Lipinski definition) is 5. The molecule has 0 bridgehead atoms. The van der Waals surface area contributed by atoms with Crippen LogP contribution in [0.1, 0.15) is 35.8 Å². The van der Waals surface area contributed by atoms with Crippen molar-refractivity contribution in [2.24, 2.45) is 0 Å². The largest absolute Gasteiger partial charge is 0.480 e. The van der Waals surface area contributed by atoms with E-state index in [0.29, 0.717) is 11.4 Å². The fraction of sp³-hybridized carbons (Fsp3) is 0.280. The molecule has 0 aliphatic heterocycles. The van der Waals surface area contributed by atoms with Gasteiger partial charge in [0.2, 0.25) is 5.95 Å². The number of aromatic amines is 1. The second-order valence-corrected chi connectivity index (χ2v) is 8.46. The van der Waals surface area contributed by atoms with Crippen molar-refractivity contribution in [3.63, 3.8) is 0 Å². The molecule has 0 radical (unpaired) electrons. The van der Waals surface area contributed by atoms with Crippen molar-refractivity contribution in [1.82, 2.24) is 25.3 Å². The third-order valence-electron chi connectivity index (χ3n) is 5.28. The zero-order chi connectivity index (χ0) is 29.2. The van der Waals surface area contributed by atoms with E-state index in [2.05, 4.69) is 37.1 Å². The number of aromatic nitrogens is 4. The molecule has 15 heteroatoms. The molecule has 0 aliphatic carbocycles. The summed E-state index contributed by atoms with van der Waals surface area (Å²) in [5.41, 5.74) is 6.64. The normalized spacial score (nSPS) is 11.3. The third-order valence-corrected chi connectivity index (χ3v) is 5.28. The maximum atomic E-state index is 12.6. The van der Waals surface area contributed by atoms with Gasteiger partial charge in [-0.15, -0.1) is 0 Å². The maximum Gasteiger partial charge on any atom is 0.333 e. The fourth-order valence-electron chi connectivity index (χ4n) is 3.23. The molecule has 1 atom stereocenters. The Kier molecular flexibility index (Phi) is 9.83. The molecule has 1 unspecified atom stereocenters. The molecule has 2 heterocycles. The average molecular weight is 554 g/mol. The number of amides is 1. The van der Waals surface area contributed by atoms with E-state index in [0.717, 1.165) is 0 Å². The molecule has 0 spiro atoms. The van der Waals surface area contributed by atoms with Crippen LogP contribution in [0, 0.1) is 0 Å². The Bertz CT molecular complexity index is 1490. The van der Waals surface area contributed by atoms with E-state index >= 15 is 0 Å². The molecule has 210 valence electrons. The standard InChI is InChI=1S/C25H27N7O8/c1-13(2)24(38)40-10-9-39-18(33)8-7-17(23(36)37)30-21(34)14-3-5-15(6-4-14)27-11-16-12-28-20-19(29-16)22(35)32-25(26)31-20/h3-6,12,17,27H,1,7-11H2,2H3,(H,30,34)(H,36,37)(H3,26,28,31,32,35). The van der Waals surface area contributed by atoms with Gasteiger partial charge in [0, 0.05) is 23.2 Å². The van der Waals surface area contributed by atoms with Crippen LogP contribution in [0.3, 0.4) is 0 Å². The SMILES string of the molecule is C=C(C)C(=O)OCCOC(=O)CCC(NC(=O)c1ccc(NCc2cnc3nc(N)[nH]c(=O)c3n2)cc1)C(=O)O. The van der Waals surface area contributed by atoms with E-state index in [1.807, 2.05) is 0 Å². The number of nitrogens with two attached hydrogens (primary N) is 1. The number of carboxylic acid groups (broad SMARTS) is 1. The first kappa shape index (κ1) is 29.2. The fourth-order valence-corrected chi connectivity index (χ4v) is 3.23. The molecule has 1 aromatic carbocycles. The Balaban J connectivity index is 1.48. The van der Waals surface area contributed by atoms with E-state index in [1.165, 1.54) is 25.3 Å². The number of carboxylic acids is 1. The van der Waals surface area contributed by atoms with E-state index in [-0.39, 0.29) is 60.8 Å². The van der Waals surface area contributed by atoms with Crippen molar-refractivity contribution in [3.8, 4) is 0 Å². The molecule has 15 nitrogen and oxygen atoms in total. The molecular weight excluding hydrogens is 526 g/mol. The molecule has 3 aromatic rings. The number of fused-ring (bicyclic) bond motifs is 1. The Hall–Kier alpha value is -5.34. The summed E-state index contributed by atoms with van der Waals surface area (Å²) in [7, 11) is 0. The average Bonchev–Trinajstić information content (AvgIpc) is 2.92. The first-order valence-corrected chi connectivity index (χ1v) is 11.9. The van der Waals surface area contributed by atoms with Crippen molar-refractivity contribution >= 4 is 46.6 Å². The van der Waals surface area contributed by atoms with Gasteiger partial charge >= 0.3 is 17.9 Å². The summed E-state index contributed by atoms with van der Waals surface area (Å²) < 4.78 is 9.69. The number of carbonyl (C=O) groups is 4. The summed E-state index contributed by atoms with van der Waals surface area (Å²) in [5, 5.41) is 14.9. The van der Waals surface area contributed by atoms with Crippen LogP contribution in [0.2, 0.25) is 0 Å². The monoisotopic (exact) mass is 553 g/mol. The van der Waals surface area contributed by atoms with Crippen molar-refractivity contribution < 1.29 is 33.8 Å². The third kappa shape index (κ3) is 8.34. The van der Waals surface area contributed by atoms with Gasteiger partial charge in [-0.1, -0.05) is 6.58 Å². The number of nitrogens with one attached hydrogen (secondary N) is 3. The molecule has 6 N–H and O–H groups in total. The Labute approximate surface area is 226 Å². The minimum absolute atomic E-state index is 0.0471. The summed E-state index contributed by atoms with van der Waals surface area (Å²) in [6.07, 6.45) is 0.966. The van der Waals surface area contributed by atoms with E-state index < -0.39 is 35.4 Å². The van der Waals surface area contributed by atoms with Crippen LogP contribution in [0.25, 0.3) is 11.2 Å². The minimum atomic E-state index is -1.33. The highest BCUT2D eigenvalue weighted by molar-refractivity contribution is 5.97. The topological polar surface area (TPSA) is 229 Å². The lowest BCUT2D eigenvalue weighted by atomic mass is 10.1. The molecule has 3 rings (SSSR count). The van der Waals surface area contributed by atoms with Crippen molar-refractivity contribution in [2.75, 3.05) is 24.3 Å². The second kappa shape index (κ2) is 13.5. The van der Waals surface area contributed by atoms with Gasteiger partial charge in [-0.05, 0) is 37.6 Å². The summed E-state index contributed by atoms with van der Waals surface area (Å²) in [6, 6.07) is 4.85. The molecule has 40 heavy (non-hydrogen) atoms. The molecule has 0 saturated carbocycles. The lowest BCUT2D eigenvalue weighted by Gasteiger charge is -2.15. The van der Waals surface area contributed by atoms with Gasteiger partial charge < -0.3 is 30.9 Å². The van der Waals surface area contributed by atoms with Crippen LogP contribution in [-0.2, 0) is 30.4 Å². The number of esters is 2. The molecule has 0 fully saturated rings. The van der Waals surface area contributed by atoms with E-state index in [9.17, 15) is 29.1 Å². The number of aliphatic carboxylic acids is 1.